The van der Waals surface area contributed by atoms with Gasteiger partial charge in [-0.25, -0.2) is 9.37 Å². The van der Waals surface area contributed by atoms with E-state index in [1.54, 1.807) is 12.3 Å². The van der Waals surface area contributed by atoms with Crippen molar-refractivity contribution in [1.82, 2.24) is 9.55 Å². The lowest BCUT2D eigenvalue weighted by Gasteiger charge is -2.25. The molecule has 1 aromatic heterocycles. The highest BCUT2D eigenvalue weighted by atomic mass is 19.1. The molecule has 1 aliphatic carbocycles. The van der Waals surface area contributed by atoms with E-state index in [1.165, 1.54) is 31.2 Å². The van der Waals surface area contributed by atoms with Crippen molar-refractivity contribution < 1.29 is 4.39 Å². The maximum Gasteiger partial charge on any atom is 0.146 e. The summed E-state index contributed by atoms with van der Waals surface area (Å²) < 4.78 is 16.5. The van der Waals surface area contributed by atoms with Gasteiger partial charge >= 0.3 is 0 Å². The molecule has 4 rings (SSSR count). The quantitative estimate of drug-likeness (QED) is 0.857. The molecule has 0 amide bonds. The summed E-state index contributed by atoms with van der Waals surface area (Å²) in [4.78, 5) is 6.35. The molecular weight excluding hydrogens is 277 g/mol. The van der Waals surface area contributed by atoms with Crippen LogP contribution in [-0.2, 0) is 12.0 Å². The molecule has 2 heterocycles. The first-order valence-electron chi connectivity index (χ1n) is 8.28. The van der Waals surface area contributed by atoms with E-state index in [-0.39, 0.29) is 11.2 Å². The first-order chi connectivity index (χ1) is 10.8. The van der Waals surface area contributed by atoms with Crippen LogP contribution < -0.4 is 4.90 Å². The van der Waals surface area contributed by atoms with Crippen LogP contribution in [0, 0.1) is 5.82 Å². The maximum absolute atomic E-state index is 14.4. The van der Waals surface area contributed by atoms with E-state index in [9.17, 15) is 4.39 Å². The van der Waals surface area contributed by atoms with Crippen molar-refractivity contribution in [3.05, 3.63) is 48.3 Å². The number of anilines is 1. The molecule has 2 aliphatic rings. The largest absolute Gasteiger partial charge is 0.368 e. The highest BCUT2D eigenvalue weighted by molar-refractivity contribution is 5.63. The van der Waals surface area contributed by atoms with E-state index >= 15 is 0 Å². The minimum atomic E-state index is -0.0519. The standard InChI is InChI=1S/C18H22FN3/c19-16-6-3-5-15-17(16)22(13-18(15)7-1-2-8-18)11-4-10-21-12-9-20-14-21/h3,5-6,9,12,14H,1-2,4,7-8,10-11,13H2. The monoisotopic (exact) mass is 299 g/mol. The van der Waals surface area contributed by atoms with Crippen LogP contribution in [0.1, 0.15) is 37.7 Å². The highest BCUT2D eigenvalue weighted by Gasteiger charge is 2.45. The van der Waals surface area contributed by atoms with Gasteiger partial charge < -0.3 is 9.47 Å². The summed E-state index contributed by atoms with van der Waals surface area (Å²) in [7, 11) is 0. The SMILES string of the molecule is Fc1cccc2c1N(CCCn1ccnc1)CC21CCCC1. The summed E-state index contributed by atoms with van der Waals surface area (Å²) in [6.45, 7) is 2.84. The molecule has 116 valence electrons. The van der Waals surface area contributed by atoms with Crippen molar-refractivity contribution in [2.45, 2.75) is 44.1 Å². The van der Waals surface area contributed by atoms with Crippen molar-refractivity contribution in [1.29, 1.82) is 0 Å². The van der Waals surface area contributed by atoms with Gasteiger partial charge in [-0.1, -0.05) is 25.0 Å². The molecule has 4 heteroatoms. The Morgan fingerprint density at radius 2 is 2.05 bits per heavy atom. The van der Waals surface area contributed by atoms with E-state index < -0.39 is 0 Å². The minimum absolute atomic E-state index is 0.0519. The second-order valence-electron chi connectivity index (χ2n) is 6.70. The molecule has 3 nitrogen and oxygen atoms in total. The summed E-state index contributed by atoms with van der Waals surface area (Å²) in [5.41, 5.74) is 2.34. The van der Waals surface area contributed by atoms with Gasteiger partial charge in [0.25, 0.3) is 0 Å². The fraction of sp³-hybridized carbons (Fsp3) is 0.500. The minimum Gasteiger partial charge on any atom is -0.368 e. The van der Waals surface area contributed by atoms with E-state index in [4.69, 9.17) is 0 Å². The van der Waals surface area contributed by atoms with Gasteiger partial charge in [-0.15, -0.1) is 0 Å². The van der Waals surface area contributed by atoms with Crippen LogP contribution in [0.2, 0.25) is 0 Å². The Morgan fingerprint density at radius 1 is 1.18 bits per heavy atom. The van der Waals surface area contributed by atoms with Gasteiger partial charge in [0.15, 0.2) is 0 Å². The number of hydrogen-bond acceptors (Lipinski definition) is 2. The summed E-state index contributed by atoms with van der Waals surface area (Å²) in [5, 5.41) is 0. The molecule has 0 atom stereocenters. The number of aromatic nitrogens is 2. The second kappa shape index (κ2) is 5.41. The number of benzene rings is 1. The van der Waals surface area contributed by atoms with Crippen LogP contribution in [0.25, 0.3) is 0 Å². The molecule has 0 bridgehead atoms. The third kappa shape index (κ3) is 2.21. The van der Waals surface area contributed by atoms with Crippen molar-refractivity contribution in [2.24, 2.45) is 0 Å². The normalized spacial score (nSPS) is 19.0. The van der Waals surface area contributed by atoms with Crippen LogP contribution in [-0.4, -0.2) is 22.6 Å². The lowest BCUT2D eigenvalue weighted by Crippen LogP contribution is -2.32. The molecule has 2 aromatic rings. The van der Waals surface area contributed by atoms with E-state index in [0.717, 1.165) is 31.7 Å². The Balaban J connectivity index is 1.54. The topological polar surface area (TPSA) is 21.1 Å². The summed E-state index contributed by atoms with van der Waals surface area (Å²) in [5.74, 6) is -0.0519. The van der Waals surface area contributed by atoms with Crippen LogP contribution in [0.3, 0.4) is 0 Å². The number of nitrogens with zero attached hydrogens (tertiary/aromatic N) is 3. The van der Waals surface area contributed by atoms with Crippen LogP contribution in [0.15, 0.2) is 36.9 Å². The average molecular weight is 299 g/mol. The van der Waals surface area contributed by atoms with E-state index in [1.807, 2.05) is 18.6 Å². The average Bonchev–Trinajstić information content (AvgIpc) is 3.23. The van der Waals surface area contributed by atoms with E-state index in [2.05, 4.69) is 20.5 Å². The van der Waals surface area contributed by atoms with Gasteiger partial charge in [-0.2, -0.15) is 0 Å². The number of aryl methyl sites for hydroxylation is 1. The first kappa shape index (κ1) is 13.8. The summed E-state index contributed by atoms with van der Waals surface area (Å²) in [6, 6.07) is 5.64. The third-order valence-corrected chi connectivity index (χ3v) is 5.33. The van der Waals surface area contributed by atoms with Gasteiger partial charge in [0.2, 0.25) is 0 Å². The van der Waals surface area contributed by atoms with Crippen molar-refractivity contribution in [3.63, 3.8) is 0 Å². The summed E-state index contributed by atoms with van der Waals surface area (Å²) in [6.07, 6.45) is 11.6. The number of imidazole rings is 1. The molecule has 0 saturated heterocycles. The molecule has 1 aromatic carbocycles. The summed E-state index contributed by atoms with van der Waals surface area (Å²) >= 11 is 0. The fourth-order valence-electron chi connectivity index (χ4n) is 4.33. The molecule has 1 aliphatic heterocycles. The van der Waals surface area contributed by atoms with Gasteiger partial charge in [0, 0.05) is 37.4 Å². The van der Waals surface area contributed by atoms with E-state index in [0.29, 0.717) is 0 Å². The van der Waals surface area contributed by atoms with Gasteiger partial charge in [0.05, 0.1) is 12.0 Å². The van der Waals surface area contributed by atoms with Crippen LogP contribution in [0.5, 0.6) is 0 Å². The molecule has 0 N–H and O–H groups in total. The Labute approximate surface area is 130 Å². The number of rotatable bonds is 4. The third-order valence-electron chi connectivity index (χ3n) is 5.33. The highest BCUT2D eigenvalue weighted by Crippen LogP contribution is 2.51. The number of fused-ring (bicyclic) bond motifs is 2. The van der Waals surface area contributed by atoms with Gasteiger partial charge in [-0.05, 0) is 30.9 Å². The number of hydrogen-bond donors (Lipinski definition) is 0. The number of halogens is 1. The second-order valence-corrected chi connectivity index (χ2v) is 6.70. The molecule has 1 fully saturated rings. The van der Waals surface area contributed by atoms with Crippen molar-refractivity contribution in [3.8, 4) is 0 Å². The van der Waals surface area contributed by atoms with Crippen LogP contribution in [0.4, 0.5) is 10.1 Å². The predicted molar refractivity (Wildman–Crippen MR) is 85.6 cm³/mol. The van der Waals surface area contributed by atoms with Gasteiger partial charge in [-0.3, -0.25) is 0 Å². The Bertz CT molecular complexity index is 644. The first-order valence-corrected chi connectivity index (χ1v) is 8.28. The Hall–Kier alpha value is -1.84. The molecule has 0 radical (unpaired) electrons. The van der Waals surface area contributed by atoms with Crippen LogP contribution >= 0.6 is 0 Å². The Morgan fingerprint density at radius 3 is 2.82 bits per heavy atom. The predicted octanol–water partition coefficient (Wildman–Crippen LogP) is 3.74. The molecule has 1 spiro atoms. The lowest BCUT2D eigenvalue weighted by atomic mass is 9.81. The Kier molecular flexibility index (Phi) is 3.40. The zero-order valence-electron chi connectivity index (χ0n) is 12.8. The molecule has 22 heavy (non-hydrogen) atoms. The van der Waals surface area contributed by atoms with Gasteiger partial charge in [0.1, 0.15) is 5.82 Å². The molecule has 1 saturated carbocycles. The zero-order valence-corrected chi connectivity index (χ0v) is 12.8. The molecular formula is C18H22FN3. The van der Waals surface area contributed by atoms with Crippen molar-refractivity contribution >= 4 is 5.69 Å². The molecule has 0 unspecified atom stereocenters. The maximum atomic E-state index is 14.4. The fourth-order valence-corrected chi connectivity index (χ4v) is 4.33. The lowest BCUT2D eigenvalue weighted by molar-refractivity contribution is 0.462. The van der Waals surface area contributed by atoms with Crippen molar-refractivity contribution in [2.75, 3.05) is 18.0 Å². The zero-order chi connectivity index (χ0) is 15.0. The smallest absolute Gasteiger partial charge is 0.146 e. The number of para-hydroxylation sites is 1.